The first-order valence-corrected chi connectivity index (χ1v) is 9.59. The quantitative estimate of drug-likeness (QED) is 0.415. The zero-order valence-electron chi connectivity index (χ0n) is 16.0. The van der Waals surface area contributed by atoms with Crippen LogP contribution in [0.1, 0.15) is 51.6 Å². The van der Waals surface area contributed by atoms with Crippen molar-refractivity contribution in [2.24, 2.45) is 10.9 Å². The predicted octanol–water partition coefficient (Wildman–Crippen LogP) is 2.37. The largest absolute Gasteiger partial charge is 0.487 e. The molecule has 3 N–H and O–H groups in total. The van der Waals surface area contributed by atoms with Crippen LogP contribution >= 0.6 is 0 Å². The second kappa shape index (κ2) is 7.98. The van der Waals surface area contributed by atoms with Crippen LogP contribution < -0.4 is 20.7 Å². The molecule has 1 aliphatic heterocycles. The monoisotopic (exact) mass is 358 g/mol. The van der Waals surface area contributed by atoms with Crippen LogP contribution in [-0.2, 0) is 4.79 Å². The maximum atomic E-state index is 11.7. The molecule has 142 valence electrons. The maximum absolute atomic E-state index is 11.7. The molecule has 0 saturated heterocycles. The number of rotatable bonds is 6. The van der Waals surface area contributed by atoms with Gasteiger partial charge in [-0.15, -0.1) is 0 Å². The van der Waals surface area contributed by atoms with Gasteiger partial charge in [-0.2, -0.15) is 0 Å². The van der Waals surface area contributed by atoms with Crippen molar-refractivity contribution in [3.05, 3.63) is 29.8 Å². The number of nitrogens with zero attached hydrogens (tertiary/aromatic N) is 1. The number of benzene rings is 1. The minimum Gasteiger partial charge on any atom is -0.487 e. The van der Waals surface area contributed by atoms with Gasteiger partial charge in [0.05, 0.1) is 12.6 Å². The molecule has 0 radical (unpaired) electrons. The van der Waals surface area contributed by atoms with E-state index in [2.05, 4.69) is 40.9 Å². The van der Waals surface area contributed by atoms with Crippen LogP contribution in [0, 0.1) is 5.92 Å². The summed E-state index contributed by atoms with van der Waals surface area (Å²) in [6, 6.07) is 8.28. The molecule has 1 aromatic carbocycles. The van der Waals surface area contributed by atoms with Crippen molar-refractivity contribution in [1.29, 1.82) is 0 Å². The number of carbonyl (C=O) groups is 1. The highest BCUT2D eigenvalue weighted by Crippen LogP contribution is 2.39. The molecule has 1 saturated carbocycles. The number of hydrogen-bond acceptors (Lipinski definition) is 3. The third kappa shape index (κ3) is 4.90. The number of para-hydroxylation sites is 1. The Hall–Kier alpha value is -2.24. The summed E-state index contributed by atoms with van der Waals surface area (Å²) >= 11 is 0. The van der Waals surface area contributed by atoms with Crippen LogP contribution in [-0.4, -0.2) is 37.1 Å². The van der Waals surface area contributed by atoms with Crippen LogP contribution in [0.25, 0.3) is 0 Å². The van der Waals surface area contributed by atoms with Gasteiger partial charge in [-0.3, -0.25) is 9.79 Å². The highest BCUT2D eigenvalue weighted by molar-refractivity contribution is 5.81. The smallest absolute Gasteiger partial charge is 0.223 e. The van der Waals surface area contributed by atoms with E-state index in [-0.39, 0.29) is 23.5 Å². The van der Waals surface area contributed by atoms with Crippen molar-refractivity contribution in [2.45, 2.75) is 51.7 Å². The zero-order valence-corrected chi connectivity index (χ0v) is 16.0. The number of nitrogens with one attached hydrogen (secondary N) is 3. The van der Waals surface area contributed by atoms with E-state index in [1.54, 1.807) is 0 Å². The highest BCUT2D eigenvalue weighted by atomic mass is 16.5. The summed E-state index contributed by atoms with van der Waals surface area (Å²) < 4.78 is 6.10. The van der Waals surface area contributed by atoms with Crippen molar-refractivity contribution in [3.63, 3.8) is 0 Å². The molecule has 1 unspecified atom stereocenters. The Morgan fingerprint density at radius 2 is 2.04 bits per heavy atom. The Morgan fingerprint density at radius 1 is 1.27 bits per heavy atom. The van der Waals surface area contributed by atoms with Gasteiger partial charge in [-0.1, -0.05) is 18.2 Å². The molecule has 6 nitrogen and oxygen atoms in total. The molecule has 6 heteroatoms. The summed E-state index contributed by atoms with van der Waals surface area (Å²) in [4.78, 5) is 16.3. The van der Waals surface area contributed by atoms with E-state index in [1.807, 2.05) is 25.1 Å². The molecule has 0 aromatic heterocycles. The molecule has 1 aliphatic carbocycles. The summed E-state index contributed by atoms with van der Waals surface area (Å²) in [6.07, 6.45) is 2.91. The molecule has 26 heavy (non-hydrogen) atoms. The Morgan fingerprint density at radius 3 is 2.77 bits per heavy atom. The highest BCUT2D eigenvalue weighted by Gasteiger charge is 2.34. The fraction of sp³-hybridized carbons (Fsp3) is 0.600. The molecule has 0 spiro atoms. The van der Waals surface area contributed by atoms with Gasteiger partial charge in [0.1, 0.15) is 11.4 Å². The van der Waals surface area contributed by atoms with Crippen LogP contribution in [0.5, 0.6) is 5.75 Å². The van der Waals surface area contributed by atoms with Crippen LogP contribution in [0.2, 0.25) is 0 Å². The average molecular weight is 358 g/mol. The van der Waals surface area contributed by atoms with E-state index >= 15 is 0 Å². The molecule has 1 amide bonds. The Kier molecular flexibility index (Phi) is 5.69. The maximum Gasteiger partial charge on any atom is 0.223 e. The van der Waals surface area contributed by atoms with Gasteiger partial charge in [-0.25, -0.2) is 0 Å². The van der Waals surface area contributed by atoms with Crippen LogP contribution in [0.3, 0.4) is 0 Å². The third-order valence-electron chi connectivity index (χ3n) is 4.66. The number of hydrogen-bond donors (Lipinski definition) is 3. The summed E-state index contributed by atoms with van der Waals surface area (Å²) in [5.41, 5.74) is 0.918. The van der Waals surface area contributed by atoms with Crippen molar-refractivity contribution in [1.82, 2.24) is 16.0 Å². The number of aliphatic imine (C=N–C) groups is 1. The fourth-order valence-corrected chi connectivity index (χ4v) is 3.25. The first-order chi connectivity index (χ1) is 12.5. The topological polar surface area (TPSA) is 74.8 Å². The molecule has 3 rings (SSSR count). The number of fused-ring (bicyclic) bond motifs is 1. The summed E-state index contributed by atoms with van der Waals surface area (Å²) in [6.45, 7) is 8.18. The number of carbonyl (C=O) groups excluding carboxylic acids is 1. The van der Waals surface area contributed by atoms with E-state index in [1.165, 1.54) is 0 Å². The zero-order chi connectivity index (χ0) is 18.6. The van der Waals surface area contributed by atoms with Crippen molar-refractivity contribution < 1.29 is 9.53 Å². The minimum absolute atomic E-state index is 0.133. The fourth-order valence-electron chi connectivity index (χ4n) is 3.25. The molecule has 0 bridgehead atoms. The predicted molar refractivity (Wildman–Crippen MR) is 103 cm³/mol. The van der Waals surface area contributed by atoms with Crippen molar-refractivity contribution in [2.75, 3.05) is 19.6 Å². The van der Waals surface area contributed by atoms with Crippen molar-refractivity contribution >= 4 is 11.9 Å². The lowest BCUT2D eigenvalue weighted by Crippen LogP contribution is -2.45. The standard InChI is InChI=1S/C20H30N4O2/c1-4-21-19(23-12-11-22-18(25)14-9-10-14)24-16-13-20(2,3)26-17-8-6-5-7-15(16)17/h5-8,14,16H,4,9-13H2,1-3H3,(H,22,25)(H2,21,23,24). The van der Waals surface area contributed by atoms with Gasteiger partial charge in [0, 0.05) is 31.0 Å². The summed E-state index contributed by atoms with van der Waals surface area (Å²) in [7, 11) is 0. The Labute approximate surface area is 155 Å². The molecule has 2 aliphatic rings. The first kappa shape index (κ1) is 18.5. The molecule has 1 heterocycles. The number of amides is 1. The van der Waals surface area contributed by atoms with Crippen LogP contribution in [0.4, 0.5) is 0 Å². The molecule has 1 atom stereocenters. The third-order valence-corrected chi connectivity index (χ3v) is 4.66. The summed E-state index contributed by atoms with van der Waals surface area (Å²) in [5.74, 6) is 2.10. The minimum atomic E-state index is -0.235. The normalized spacial score (nSPS) is 21.3. The van der Waals surface area contributed by atoms with Gasteiger partial charge in [0.2, 0.25) is 5.91 Å². The summed E-state index contributed by atoms with van der Waals surface area (Å²) in [5, 5.41) is 9.79. The van der Waals surface area contributed by atoms with Gasteiger partial charge >= 0.3 is 0 Å². The van der Waals surface area contributed by atoms with Crippen molar-refractivity contribution in [3.8, 4) is 5.75 Å². The molecular formula is C20H30N4O2. The van der Waals surface area contributed by atoms with E-state index < -0.39 is 0 Å². The van der Waals surface area contributed by atoms with Crippen LogP contribution in [0.15, 0.2) is 29.3 Å². The lowest BCUT2D eigenvalue weighted by Gasteiger charge is -2.38. The van der Waals surface area contributed by atoms with E-state index in [9.17, 15) is 4.79 Å². The second-order valence-electron chi connectivity index (χ2n) is 7.63. The van der Waals surface area contributed by atoms with Gasteiger partial charge < -0.3 is 20.7 Å². The SMILES string of the molecule is CCNC(=NCCNC(=O)C1CC1)NC1CC(C)(C)Oc2ccccc21. The Balaban J connectivity index is 1.63. The van der Waals surface area contributed by atoms with Gasteiger partial charge in [0.25, 0.3) is 0 Å². The number of ether oxygens (including phenoxy) is 1. The molecule has 1 aromatic rings. The average Bonchev–Trinajstić information content (AvgIpc) is 3.42. The number of guanidine groups is 1. The molecule has 1 fully saturated rings. The first-order valence-electron chi connectivity index (χ1n) is 9.59. The molecular weight excluding hydrogens is 328 g/mol. The lowest BCUT2D eigenvalue weighted by molar-refractivity contribution is -0.122. The van der Waals surface area contributed by atoms with E-state index in [4.69, 9.17) is 4.74 Å². The lowest BCUT2D eigenvalue weighted by atomic mass is 9.90. The van der Waals surface area contributed by atoms with Gasteiger partial charge in [-0.05, 0) is 39.7 Å². The van der Waals surface area contributed by atoms with E-state index in [0.717, 1.165) is 43.1 Å². The van der Waals surface area contributed by atoms with E-state index in [0.29, 0.717) is 13.1 Å². The second-order valence-corrected chi connectivity index (χ2v) is 7.63. The van der Waals surface area contributed by atoms with Gasteiger partial charge in [0.15, 0.2) is 5.96 Å². The Bertz CT molecular complexity index is 668.